The van der Waals surface area contributed by atoms with Crippen molar-refractivity contribution in [3.05, 3.63) is 210 Å². The van der Waals surface area contributed by atoms with E-state index in [2.05, 4.69) is 208 Å². The number of nitrogens with zero attached hydrogens (tertiary/aromatic N) is 5. The number of allylic oxidation sites excluding steroid dienone is 4. The molecule has 4 aliphatic rings. The molecule has 3 aliphatic carbocycles. The van der Waals surface area contributed by atoms with Crippen LogP contribution in [0.5, 0.6) is 0 Å². The van der Waals surface area contributed by atoms with Gasteiger partial charge in [-0.05, 0) is 147 Å². The lowest BCUT2D eigenvalue weighted by Gasteiger charge is -2.38. The third kappa shape index (κ3) is 5.34. The van der Waals surface area contributed by atoms with Crippen molar-refractivity contribution >= 4 is 61.9 Å². The Morgan fingerprint density at radius 3 is 1.55 bits per heavy atom. The lowest BCUT2D eigenvalue weighted by Crippen LogP contribution is -2.28. The van der Waals surface area contributed by atoms with Crippen molar-refractivity contribution in [2.75, 3.05) is 9.80 Å². The van der Waals surface area contributed by atoms with Crippen LogP contribution in [0.15, 0.2) is 182 Å². The Morgan fingerprint density at radius 2 is 0.955 bits per heavy atom. The SMILES string of the molecule is CC1(C)C2=C(CCC=C2)n2c3ccc(N(c4ccc5c(c4)C(C)(C)c4ccccc4-5)c4ccccn4)cc3c3cc(N(c4ccc5c(c4)C(C)(C)c4ccccc4-5)c4ccccn4)cc1c32. The summed E-state index contributed by atoms with van der Waals surface area (Å²) in [4.78, 5) is 14.8. The summed E-state index contributed by atoms with van der Waals surface area (Å²) in [5.74, 6) is 1.77. The Bertz CT molecular complexity index is 3570. The zero-order valence-corrected chi connectivity index (χ0v) is 38.4. The Hall–Kier alpha value is -7.50. The van der Waals surface area contributed by atoms with Gasteiger partial charge in [0.05, 0.1) is 11.0 Å². The molecule has 0 saturated carbocycles. The second-order valence-corrected chi connectivity index (χ2v) is 20.2. The molecular weight excluding hydrogens is 803 g/mol. The van der Waals surface area contributed by atoms with Crippen LogP contribution in [0.1, 0.15) is 82.2 Å². The number of anilines is 6. The van der Waals surface area contributed by atoms with Gasteiger partial charge in [-0.2, -0.15) is 0 Å². The fraction of sp³-hybridized carbons (Fsp3) is 0.180. The highest BCUT2D eigenvalue weighted by Crippen LogP contribution is 2.55. The molecular formula is C61H51N5. The third-order valence-corrected chi connectivity index (χ3v) is 15.5. The minimum Gasteiger partial charge on any atom is -0.312 e. The van der Waals surface area contributed by atoms with Gasteiger partial charge in [-0.25, -0.2) is 9.97 Å². The second kappa shape index (κ2) is 13.8. The summed E-state index contributed by atoms with van der Waals surface area (Å²) in [7, 11) is 0. The number of rotatable bonds is 6. The van der Waals surface area contributed by atoms with Crippen LogP contribution in [-0.2, 0) is 16.2 Å². The molecule has 0 unspecified atom stereocenters. The zero-order valence-electron chi connectivity index (χ0n) is 38.4. The van der Waals surface area contributed by atoms with Gasteiger partial charge in [0.2, 0.25) is 0 Å². The fourth-order valence-corrected chi connectivity index (χ4v) is 12.2. The minimum atomic E-state index is -0.250. The molecule has 0 bridgehead atoms. The molecule has 5 heteroatoms. The monoisotopic (exact) mass is 853 g/mol. The lowest BCUT2D eigenvalue weighted by molar-refractivity contribution is 0.624. The quantitative estimate of drug-likeness (QED) is 0.167. The standard InChI is InChI=1S/C61H51N5/c1-59(2)48-19-9-7-17-42(48)44-28-25-39(35-51(44)59)64(56-23-13-15-31-62-56)38-27-30-54-46(33-38)47-34-41(37-53-58(47)66(54)55-22-12-11-21-50(55)61(53,5)6)65(57-24-14-16-32-63-57)40-26-29-45-43-18-8-10-20-49(43)60(3,4)52(45)36-40/h7-11,13-21,23-37H,12,22H2,1-6H3. The van der Waals surface area contributed by atoms with E-state index in [0.29, 0.717) is 0 Å². The Labute approximate surface area is 387 Å². The van der Waals surface area contributed by atoms with Crippen molar-refractivity contribution in [1.82, 2.24) is 14.5 Å². The smallest absolute Gasteiger partial charge is 0.137 e. The summed E-state index contributed by atoms with van der Waals surface area (Å²) >= 11 is 0. The number of benzene rings is 6. The van der Waals surface area contributed by atoms with Gasteiger partial charge in [-0.15, -0.1) is 0 Å². The van der Waals surface area contributed by atoms with Gasteiger partial charge in [0, 0.05) is 67.9 Å². The van der Waals surface area contributed by atoms with Crippen LogP contribution in [-0.4, -0.2) is 14.5 Å². The van der Waals surface area contributed by atoms with Crippen molar-refractivity contribution in [3.8, 4) is 22.3 Å². The molecule has 0 spiro atoms. The summed E-state index contributed by atoms with van der Waals surface area (Å²) in [6, 6.07) is 56.2. The highest BCUT2D eigenvalue weighted by atomic mass is 15.2. The van der Waals surface area contributed by atoms with Gasteiger partial charge in [0.25, 0.3) is 0 Å². The molecule has 320 valence electrons. The Kier molecular flexibility index (Phi) is 8.11. The normalized spacial score (nSPS) is 16.5. The lowest BCUT2D eigenvalue weighted by atomic mass is 9.72. The molecule has 3 aromatic heterocycles. The Balaban J connectivity index is 1.06. The van der Waals surface area contributed by atoms with E-state index < -0.39 is 0 Å². The number of hydrogen-bond donors (Lipinski definition) is 0. The molecule has 66 heavy (non-hydrogen) atoms. The maximum Gasteiger partial charge on any atom is 0.137 e. The van der Waals surface area contributed by atoms with Gasteiger partial charge in [0.15, 0.2) is 0 Å². The minimum absolute atomic E-state index is 0.137. The molecule has 1 aliphatic heterocycles. The van der Waals surface area contributed by atoms with E-state index in [1.54, 1.807) is 0 Å². The number of fused-ring (bicyclic) bond motifs is 10. The van der Waals surface area contributed by atoms with E-state index in [0.717, 1.165) is 47.2 Å². The molecule has 0 radical (unpaired) electrons. The van der Waals surface area contributed by atoms with Crippen LogP contribution in [0, 0.1) is 0 Å². The summed E-state index contributed by atoms with van der Waals surface area (Å²) < 4.78 is 2.60. The Morgan fingerprint density at radius 1 is 0.455 bits per heavy atom. The second-order valence-electron chi connectivity index (χ2n) is 20.2. The highest BCUT2D eigenvalue weighted by Gasteiger charge is 2.40. The van der Waals surface area contributed by atoms with Crippen LogP contribution in [0.25, 0.3) is 49.8 Å². The number of pyridine rings is 2. The zero-order chi connectivity index (χ0) is 44.7. The molecule has 0 atom stereocenters. The predicted molar refractivity (Wildman–Crippen MR) is 274 cm³/mol. The average molecular weight is 854 g/mol. The van der Waals surface area contributed by atoms with E-state index in [9.17, 15) is 0 Å². The first-order valence-electron chi connectivity index (χ1n) is 23.5. The summed E-state index contributed by atoms with van der Waals surface area (Å²) in [6.45, 7) is 14.3. The third-order valence-electron chi connectivity index (χ3n) is 15.5. The highest BCUT2D eigenvalue weighted by molar-refractivity contribution is 6.15. The predicted octanol–water partition coefficient (Wildman–Crippen LogP) is 16.0. The van der Waals surface area contributed by atoms with Gasteiger partial charge in [-0.1, -0.05) is 126 Å². The van der Waals surface area contributed by atoms with Crippen molar-refractivity contribution in [2.24, 2.45) is 0 Å². The van der Waals surface area contributed by atoms with Crippen molar-refractivity contribution in [3.63, 3.8) is 0 Å². The van der Waals surface area contributed by atoms with E-state index >= 15 is 0 Å². The topological polar surface area (TPSA) is 37.2 Å². The molecule has 13 rings (SSSR count). The molecule has 9 aromatic rings. The maximum absolute atomic E-state index is 5.06. The first-order valence-corrected chi connectivity index (χ1v) is 23.5. The molecule has 6 aromatic carbocycles. The van der Waals surface area contributed by atoms with Gasteiger partial charge in [-0.3, -0.25) is 9.80 Å². The maximum atomic E-state index is 5.06. The van der Waals surface area contributed by atoms with E-state index in [-0.39, 0.29) is 16.2 Å². The molecule has 0 fully saturated rings. The van der Waals surface area contributed by atoms with Crippen LogP contribution < -0.4 is 9.80 Å². The fourth-order valence-electron chi connectivity index (χ4n) is 12.2. The number of aromatic nitrogens is 3. The van der Waals surface area contributed by atoms with E-state index in [4.69, 9.17) is 9.97 Å². The van der Waals surface area contributed by atoms with Crippen LogP contribution in [0.3, 0.4) is 0 Å². The van der Waals surface area contributed by atoms with Crippen molar-refractivity contribution in [2.45, 2.75) is 70.6 Å². The molecule has 0 saturated heterocycles. The number of hydrogen-bond acceptors (Lipinski definition) is 4. The van der Waals surface area contributed by atoms with Gasteiger partial charge in [0.1, 0.15) is 11.6 Å². The first-order chi connectivity index (χ1) is 32.0. The summed E-state index contributed by atoms with van der Waals surface area (Å²) in [5, 5.41) is 2.45. The van der Waals surface area contributed by atoms with E-state index in [1.807, 2.05) is 24.5 Å². The van der Waals surface area contributed by atoms with Crippen LogP contribution >= 0.6 is 0 Å². The van der Waals surface area contributed by atoms with Crippen LogP contribution in [0.2, 0.25) is 0 Å². The largest absolute Gasteiger partial charge is 0.312 e. The molecule has 0 N–H and O–H groups in total. The van der Waals surface area contributed by atoms with E-state index in [1.165, 1.54) is 83.1 Å². The molecule has 5 nitrogen and oxygen atoms in total. The van der Waals surface area contributed by atoms with Crippen molar-refractivity contribution < 1.29 is 0 Å². The first kappa shape index (κ1) is 38.9. The van der Waals surface area contributed by atoms with Crippen molar-refractivity contribution in [1.29, 1.82) is 0 Å². The van der Waals surface area contributed by atoms with Gasteiger partial charge < -0.3 is 4.57 Å². The average Bonchev–Trinajstić information content (AvgIpc) is 3.88. The van der Waals surface area contributed by atoms with Crippen LogP contribution in [0.4, 0.5) is 34.4 Å². The van der Waals surface area contributed by atoms with Gasteiger partial charge >= 0.3 is 0 Å². The summed E-state index contributed by atoms with van der Waals surface area (Å²) in [5.41, 5.74) is 21.1. The summed E-state index contributed by atoms with van der Waals surface area (Å²) in [6.07, 6.45) is 10.6. The molecule has 4 heterocycles. The molecule has 0 amide bonds.